The van der Waals surface area contributed by atoms with E-state index in [4.69, 9.17) is 19.1 Å². The first-order valence-electron chi connectivity index (χ1n) is 12.5. The van der Waals surface area contributed by atoms with Crippen LogP contribution in [0.25, 0.3) is 0 Å². The number of anilines is 4. The number of pyridine rings is 1. The van der Waals surface area contributed by atoms with Crippen molar-refractivity contribution in [1.82, 2.24) is 4.98 Å². The lowest BCUT2D eigenvalue weighted by atomic mass is 10.1. The molecule has 188 valence electrons. The van der Waals surface area contributed by atoms with E-state index in [1.54, 1.807) is 56.0 Å². The third-order valence-corrected chi connectivity index (χ3v) is 5.61. The molecule has 2 heterocycles. The molecule has 0 atom stereocenters. The number of rotatable bonds is 5. The first-order valence-corrected chi connectivity index (χ1v) is 11.9. The minimum atomic E-state index is -1.92. The van der Waals surface area contributed by atoms with Crippen LogP contribution in [0.2, 0.25) is 5.02 Å². The fourth-order valence-electron chi connectivity index (χ4n) is 3.80. The number of carbonyl (C=O) groups excluding carboxylic acids is 2. The van der Waals surface area contributed by atoms with Crippen molar-refractivity contribution in [3.05, 3.63) is 76.4 Å². The van der Waals surface area contributed by atoms with Gasteiger partial charge in [0.15, 0.2) is 0 Å². The minimum Gasteiger partial charge on any atom is -0.444 e. The summed E-state index contributed by atoms with van der Waals surface area (Å²) in [6.07, 6.45) is 1.31. The number of fused-ring (bicyclic) bond motifs is 1. The molecule has 0 radical (unpaired) electrons. The van der Waals surface area contributed by atoms with E-state index in [0.717, 1.165) is 11.1 Å². The van der Waals surface area contributed by atoms with Gasteiger partial charge in [0.1, 0.15) is 11.4 Å². The number of halogens is 1. The van der Waals surface area contributed by atoms with E-state index in [-0.39, 0.29) is 5.82 Å². The van der Waals surface area contributed by atoms with Gasteiger partial charge in [0.05, 0.1) is 2.74 Å². The predicted octanol–water partition coefficient (Wildman–Crippen LogP) is 6.60. The van der Waals surface area contributed by atoms with Crippen LogP contribution in [0, 0.1) is 6.92 Å². The van der Waals surface area contributed by atoms with E-state index in [0.29, 0.717) is 40.6 Å². The maximum Gasteiger partial charge on any atom is 0.413 e. The molecule has 9 heteroatoms. The van der Waals surface area contributed by atoms with E-state index in [1.807, 2.05) is 19.1 Å². The number of aryl methyl sites for hydroxylation is 1. The molecule has 4 rings (SSSR count). The molecule has 0 spiro atoms. The van der Waals surface area contributed by atoms with Crippen LogP contribution in [0.15, 0.2) is 54.7 Å². The molecule has 3 aromatic rings. The molecular formula is C27H30ClN5O3. The normalized spacial score (nSPS) is 13.9. The molecule has 0 unspecified atom stereocenters. The highest BCUT2D eigenvalue weighted by Crippen LogP contribution is 2.35. The Hall–Kier alpha value is -3.78. The second-order valence-corrected chi connectivity index (χ2v) is 9.85. The number of urea groups is 1. The second kappa shape index (κ2) is 10.5. The zero-order chi connectivity index (χ0) is 27.7. The Bertz CT molecular complexity index is 1380. The minimum absolute atomic E-state index is 0.184. The number of hydrogen-bond donors (Lipinski definition) is 3. The van der Waals surface area contributed by atoms with Crippen LogP contribution < -0.4 is 20.9 Å². The summed E-state index contributed by atoms with van der Waals surface area (Å²) in [4.78, 5) is 30.7. The highest BCUT2D eigenvalue weighted by Gasteiger charge is 2.23. The molecule has 1 aliphatic rings. The van der Waals surface area contributed by atoms with Gasteiger partial charge in [-0.1, -0.05) is 23.7 Å². The summed E-state index contributed by atoms with van der Waals surface area (Å²) in [5, 5.41) is 8.78. The van der Waals surface area contributed by atoms with Gasteiger partial charge in [0.25, 0.3) is 0 Å². The molecule has 0 saturated carbocycles. The number of carbonyl (C=O) groups is 2. The average molecular weight is 510 g/mol. The average Bonchev–Trinajstić information content (AvgIpc) is 3.26. The summed E-state index contributed by atoms with van der Waals surface area (Å²) in [6.45, 7) is 5.62. The Morgan fingerprint density at radius 2 is 1.89 bits per heavy atom. The Kier molecular flexibility index (Phi) is 6.58. The van der Waals surface area contributed by atoms with Gasteiger partial charge in [-0.3, -0.25) is 5.32 Å². The fourth-order valence-corrected chi connectivity index (χ4v) is 3.98. The van der Waals surface area contributed by atoms with E-state index >= 15 is 0 Å². The lowest BCUT2D eigenvalue weighted by Crippen LogP contribution is -2.27. The molecule has 0 saturated heterocycles. The molecule has 0 aliphatic carbocycles. The highest BCUT2D eigenvalue weighted by atomic mass is 35.5. The largest absolute Gasteiger partial charge is 0.444 e. The van der Waals surface area contributed by atoms with Gasteiger partial charge in [-0.15, -0.1) is 0 Å². The molecule has 3 N–H and O–H groups in total. The lowest BCUT2D eigenvalue weighted by molar-refractivity contribution is 0.0635. The van der Waals surface area contributed by atoms with Crippen molar-refractivity contribution in [3.63, 3.8) is 0 Å². The van der Waals surface area contributed by atoms with Crippen molar-refractivity contribution in [1.29, 1.82) is 0 Å². The molecular weight excluding hydrogens is 478 g/mol. The van der Waals surface area contributed by atoms with E-state index in [2.05, 4.69) is 20.9 Å². The van der Waals surface area contributed by atoms with Gasteiger partial charge < -0.3 is 20.3 Å². The van der Waals surface area contributed by atoms with Gasteiger partial charge in [0, 0.05) is 46.9 Å². The maximum absolute atomic E-state index is 12.8. The number of nitrogens with one attached hydrogen (secondary N) is 3. The van der Waals surface area contributed by atoms with E-state index in [9.17, 15) is 9.59 Å². The number of ether oxygens (including phenoxy) is 1. The van der Waals surface area contributed by atoms with Crippen LogP contribution in [-0.4, -0.2) is 29.3 Å². The van der Waals surface area contributed by atoms with Crippen molar-refractivity contribution in [3.8, 4) is 0 Å². The van der Waals surface area contributed by atoms with Gasteiger partial charge in [-0.05, 0) is 81.6 Å². The number of amides is 3. The number of aromatic nitrogens is 1. The summed E-state index contributed by atoms with van der Waals surface area (Å²) in [7, 11) is 0. The fraction of sp³-hybridized carbons (Fsp3) is 0.296. The van der Waals surface area contributed by atoms with Crippen LogP contribution >= 0.6 is 11.6 Å². The number of nitrogens with zero attached hydrogens (tertiary/aromatic N) is 2. The number of hydrogen-bond acceptors (Lipinski definition) is 5. The topological polar surface area (TPSA) is 95.6 Å². The summed E-state index contributed by atoms with van der Waals surface area (Å²) < 4.78 is 23.1. The van der Waals surface area contributed by atoms with Crippen LogP contribution in [-0.2, 0) is 17.7 Å². The lowest BCUT2D eigenvalue weighted by Gasteiger charge is -2.21. The summed E-state index contributed by atoms with van der Waals surface area (Å²) in [5.74, 6) is 0.184. The molecule has 0 fully saturated rings. The van der Waals surface area contributed by atoms with E-state index < -0.39 is 24.2 Å². The summed E-state index contributed by atoms with van der Waals surface area (Å²) in [5.41, 5.74) is 3.22. The van der Waals surface area contributed by atoms with E-state index in [1.165, 1.54) is 12.3 Å². The highest BCUT2D eigenvalue weighted by molar-refractivity contribution is 6.31. The smallest absolute Gasteiger partial charge is 0.413 e. The molecule has 1 aromatic heterocycles. The van der Waals surface area contributed by atoms with Gasteiger partial charge >= 0.3 is 12.1 Å². The summed E-state index contributed by atoms with van der Waals surface area (Å²) in [6, 6.07) is 13.3. The first-order chi connectivity index (χ1) is 17.8. The monoisotopic (exact) mass is 509 g/mol. The van der Waals surface area contributed by atoms with Crippen LogP contribution in [0.5, 0.6) is 0 Å². The molecule has 8 nitrogen and oxygen atoms in total. The Morgan fingerprint density at radius 1 is 1.11 bits per heavy atom. The van der Waals surface area contributed by atoms with Gasteiger partial charge in [-0.25, -0.2) is 14.6 Å². The van der Waals surface area contributed by atoms with Crippen molar-refractivity contribution >= 4 is 46.6 Å². The maximum atomic E-state index is 12.8. The zero-order valence-corrected chi connectivity index (χ0v) is 21.4. The first kappa shape index (κ1) is 22.7. The quantitative estimate of drug-likeness (QED) is 0.360. The van der Waals surface area contributed by atoms with Gasteiger partial charge in [-0.2, -0.15) is 0 Å². The van der Waals surface area contributed by atoms with Crippen molar-refractivity contribution in [2.24, 2.45) is 0 Å². The molecule has 3 amide bonds. The Morgan fingerprint density at radius 3 is 2.67 bits per heavy atom. The summed E-state index contributed by atoms with van der Waals surface area (Å²) >= 11 is 6.06. The Labute approximate surface area is 218 Å². The standard InChI is InChI=1S/C27H30ClN5O3/c1-17-8-9-19(28)15-22(17)31-25(34)30-21-6-5-7-23-20(21)11-13-33(23)16-18-10-12-29-24(14-18)32-26(35)36-27(2,3)4/h5-10,12,14-15H,11,13,16H2,1-4H3,(H,29,32,35)(H2,30,31,34)/i16D2. The predicted molar refractivity (Wildman–Crippen MR) is 144 cm³/mol. The third kappa shape index (κ3) is 6.46. The third-order valence-electron chi connectivity index (χ3n) is 5.38. The molecule has 36 heavy (non-hydrogen) atoms. The van der Waals surface area contributed by atoms with Crippen LogP contribution in [0.4, 0.5) is 32.5 Å². The molecule has 1 aliphatic heterocycles. The zero-order valence-electron chi connectivity index (χ0n) is 22.6. The SMILES string of the molecule is [2H]C([2H])(c1ccnc(NC(=O)OC(C)(C)C)c1)N1CCc2c(NC(=O)Nc3cc(Cl)ccc3C)cccc21. The molecule has 0 bridgehead atoms. The molecule has 2 aromatic carbocycles. The van der Waals surface area contributed by atoms with Crippen LogP contribution in [0.1, 0.15) is 40.2 Å². The van der Waals surface area contributed by atoms with Crippen LogP contribution in [0.3, 0.4) is 0 Å². The van der Waals surface area contributed by atoms with Crippen molar-refractivity contribution in [2.75, 3.05) is 27.4 Å². The Balaban J connectivity index is 1.52. The second-order valence-electron chi connectivity index (χ2n) is 9.41. The van der Waals surface area contributed by atoms with Gasteiger partial charge in [0.2, 0.25) is 0 Å². The number of benzene rings is 2. The van der Waals surface area contributed by atoms with Crippen molar-refractivity contribution < 1.29 is 17.1 Å². The van der Waals surface area contributed by atoms with Crippen molar-refractivity contribution in [2.45, 2.75) is 46.2 Å².